The van der Waals surface area contributed by atoms with Gasteiger partial charge in [-0.15, -0.1) is 0 Å². The number of methoxy groups -OCH3 is 1. The zero-order chi connectivity index (χ0) is 13.0. The van der Waals surface area contributed by atoms with Crippen LogP contribution in [0.5, 0.6) is 11.5 Å². The normalized spacial score (nSPS) is 19.3. The fraction of sp³-hybridized carbons (Fsp3) is 0.500. The Hall–Kier alpha value is -1.82. The van der Waals surface area contributed by atoms with E-state index in [1.807, 2.05) is 0 Å². The lowest BCUT2D eigenvalue weighted by atomic mass is 10.1. The van der Waals surface area contributed by atoms with Gasteiger partial charge < -0.3 is 14.8 Å². The summed E-state index contributed by atoms with van der Waals surface area (Å²) in [5, 5.41) is 13.9. The Morgan fingerprint density at radius 3 is 2.89 bits per heavy atom. The predicted molar refractivity (Wildman–Crippen MR) is 66.2 cm³/mol. The topological polar surface area (TPSA) is 73.6 Å². The fourth-order valence-electron chi connectivity index (χ4n) is 1.97. The Kier molecular flexibility index (Phi) is 3.99. The molecule has 2 rings (SSSR count). The Bertz CT molecular complexity index is 430. The number of nitro benzene ring substituents is 1. The number of nitro groups is 1. The minimum Gasteiger partial charge on any atom is -0.493 e. The van der Waals surface area contributed by atoms with Crippen LogP contribution in [0.1, 0.15) is 12.8 Å². The van der Waals surface area contributed by atoms with Gasteiger partial charge in [-0.2, -0.15) is 0 Å². The number of non-ortho nitro benzene ring substituents is 1. The molecule has 0 saturated carbocycles. The van der Waals surface area contributed by atoms with Crippen LogP contribution in [0.2, 0.25) is 0 Å². The van der Waals surface area contributed by atoms with E-state index in [1.54, 1.807) is 6.07 Å². The molecule has 6 heteroatoms. The highest BCUT2D eigenvalue weighted by molar-refractivity contribution is 5.48. The van der Waals surface area contributed by atoms with Crippen LogP contribution in [0, 0.1) is 10.1 Å². The van der Waals surface area contributed by atoms with Crippen LogP contribution in [0.25, 0.3) is 0 Å². The summed E-state index contributed by atoms with van der Waals surface area (Å²) in [4.78, 5) is 10.2. The third-order valence-corrected chi connectivity index (χ3v) is 2.90. The molecule has 0 radical (unpaired) electrons. The largest absolute Gasteiger partial charge is 0.493 e. The van der Waals surface area contributed by atoms with Crippen LogP contribution in [0.4, 0.5) is 5.69 Å². The molecule has 1 aliphatic rings. The van der Waals surface area contributed by atoms with Crippen LogP contribution >= 0.6 is 0 Å². The highest BCUT2D eigenvalue weighted by Gasteiger charge is 2.18. The first-order valence-electron chi connectivity index (χ1n) is 5.90. The summed E-state index contributed by atoms with van der Waals surface area (Å²) in [6.45, 7) is 1.80. The van der Waals surface area contributed by atoms with Gasteiger partial charge in [-0.05, 0) is 25.5 Å². The van der Waals surface area contributed by atoms with Crippen molar-refractivity contribution in [3.8, 4) is 11.5 Å². The first kappa shape index (κ1) is 12.6. The Morgan fingerprint density at radius 1 is 1.44 bits per heavy atom. The van der Waals surface area contributed by atoms with Gasteiger partial charge in [0.05, 0.1) is 18.1 Å². The first-order chi connectivity index (χ1) is 8.70. The maximum Gasteiger partial charge on any atom is 0.273 e. The average Bonchev–Trinajstić information content (AvgIpc) is 2.40. The molecule has 6 nitrogen and oxygen atoms in total. The molecule has 0 aromatic heterocycles. The zero-order valence-electron chi connectivity index (χ0n) is 10.2. The second-order valence-electron chi connectivity index (χ2n) is 4.18. The molecular formula is C12H16N2O4. The van der Waals surface area contributed by atoms with Crippen molar-refractivity contribution in [2.75, 3.05) is 20.2 Å². The van der Waals surface area contributed by atoms with Gasteiger partial charge in [0.15, 0.2) is 11.5 Å². The molecule has 0 unspecified atom stereocenters. The van der Waals surface area contributed by atoms with E-state index in [-0.39, 0.29) is 11.8 Å². The minimum atomic E-state index is -0.450. The molecule has 1 atom stereocenters. The standard InChI is InChI=1S/C12H16N2O4/c1-17-12-7-9(14(15)16)4-5-11(12)18-10-3-2-6-13-8-10/h4-5,7,10,13H,2-3,6,8H2,1H3/t10-/m0/s1. The van der Waals surface area contributed by atoms with Crippen LogP contribution in [-0.4, -0.2) is 31.2 Å². The molecular weight excluding hydrogens is 236 g/mol. The Morgan fingerprint density at radius 2 is 2.28 bits per heavy atom. The second kappa shape index (κ2) is 5.68. The smallest absolute Gasteiger partial charge is 0.273 e. The predicted octanol–water partition coefficient (Wildman–Crippen LogP) is 1.73. The van der Waals surface area contributed by atoms with E-state index < -0.39 is 4.92 Å². The van der Waals surface area contributed by atoms with E-state index in [4.69, 9.17) is 9.47 Å². The van der Waals surface area contributed by atoms with Crippen molar-refractivity contribution in [1.29, 1.82) is 0 Å². The Balaban J connectivity index is 2.13. The van der Waals surface area contributed by atoms with Crippen molar-refractivity contribution in [1.82, 2.24) is 5.32 Å². The van der Waals surface area contributed by atoms with Gasteiger partial charge in [0, 0.05) is 12.6 Å². The molecule has 1 aromatic rings. The molecule has 0 amide bonds. The van der Waals surface area contributed by atoms with E-state index in [0.717, 1.165) is 25.9 Å². The van der Waals surface area contributed by atoms with Crippen molar-refractivity contribution >= 4 is 5.69 Å². The minimum absolute atomic E-state index is 0.000897. The SMILES string of the molecule is COc1cc([N+](=O)[O-])ccc1O[C@H]1CCCNC1. The number of nitrogens with one attached hydrogen (secondary N) is 1. The highest BCUT2D eigenvalue weighted by Crippen LogP contribution is 2.32. The van der Waals surface area contributed by atoms with Crippen molar-refractivity contribution in [3.63, 3.8) is 0 Å². The number of benzene rings is 1. The second-order valence-corrected chi connectivity index (χ2v) is 4.18. The summed E-state index contributed by atoms with van der Waals surface area (Å²) in [6, 6.07) is 4.39. The van der Waals surface area contributed by atoms with E-state index >= 15 is 0 Å². The molecule has 1 N–H and O–H groups in total. The van der Waals surface area contributed by atoms with Gasteiger partial charge in [-0.25, -0.2) is 0 Å². The quantitative estimate of drug-likeness (QED) is 0.652. The van der Waals surface area contributed by atoms with Crippen molar-refractivity contribution in [2.45, 2.75) is 18.9 Å². The fourth-order valence-corrected chi connectivity index (χ4v) is 1.97. The third kappa shape index (κ3) is 2.89. The van der Waals surface area contributed by atoms with E-state index in [9.17, 15) is 10.1 Å². The highest BCUT2D eigenvalue weighted by atomic mass is 16.6. The number of rotatable bonds is 4. The van der Waals surface area contributed by atoms with Gasteiger partial charge in [0.25, 0.3) is 5.69 Å². The summed E-state index contributed by atoms with van der Waals surface area (Å²) in [6.07, 6.45) is 2.14. The summed E-state index contributed by atoms with van der Waals surface area (Å²) in [5.74, 6) is 0.951. The molecule has 98 valence electrons. The van der Waals surface area contributed by atoms with Gasteiger partial charge in [-0.1, -0.05) is 0 Å². The lowest BCUT2D eigenvalue weighted by Crippen LogP contribution is -2.37. The summed E-state index contributed by atoms with van der Waals surface area (Å²) < 4.78 is 10.9. The van der Waals surface area contributed by atoms with Crippen LogP contribution < -0.4 is 14.8 Å². The van der Waals surface area contributed by atoms with E-state index in [2.05, 4.69) is 5.32 Å². The third-order valence-electron chi connectivity index (χ3n) is 2.90. The first-order valence-corrected chi connectivity index (χ1v) is 5.90. The zero-order valence-corrected chi connectivity index (χ0v) is 10.2. The summed E-state index contributed by atoms with van der Waals surface area (Å²) in [7, 11) is 1.48. The van der Waals surface area contributed by atoms with Crippen molar-refractivity contribution in [3.05, 3.63) is 28.3 Å². The molecule has 0 bridgehead atoms. The van der Waals surface area contributed by atoms with Gasteiger partial charge in [0.2, 0.25) is 0 Å². The monoisotopic (exact) mass is 252 g/mol. The molecule has 18 heavy (non-hydrogen) atoms. The molecule has 0 spiro atoms. The summed E-state index contributed by atoms with van der Waals surface area (Å²) in [5.41, 5.74) is 0.000897. The lowest BCUT2D eigenvalue weighted by Gasteiger charge is -2.24. The van der Waals surface area contributed by atoms with Crippen LogP contribution in [0.15, 0.2) is 18.2 Å². The molecule has 1 fully saturated rings. The van der Waals surface area contributed by atoms with Crippen molar-refractivity contribution in [2.24, 2.45) is 0 Å². The van der Waals surface area contributed by atoms with Crippen molar-refractivity contribution < 1.29 is 14.4 Å². The van der Waals surface area contributed by atoms with Crippen LogP contribution in [0.3, 0.4) is 0 Å². The molecule has 1 aromatic carbocycles. The maximum absolute atomic E-state index is 10.7. The number of piperidine rings is 1. The van der Waals surface area contributed by atoms with E-state index in [0.29, 0.717) is 11.5 Å². The molecule has 0 aliphatic carbocycles. The lowest BCUT2D eigenvalue weighted by molar-refractivity contribution is -0.385. The number of nitrogens with zero attached hydrogens (tertiary/aromatic N) is 1. The number of hydrogen-bond acceptors (Lipinski definition) is 5. The van der Waals surface area contributed by atoms with Gasteiger partial charge >= 0.3 is 0 Å². The Labute approximate surface area is 105 Å². The summed E-state index contributed by atoms with van der Waals surface area (Å²) >= 11 is 0. The molecule has 1 heterocycles. The average molecular weight is 252 g/mol. The molecule has 1 aliphatic heterocycles. The van der Waals surface area contributed by atoms with Crippen LogP contribution in [-0.2, 0) is 0 Å². The molecule has 1 saturated heterocycles. The van der Waals surface area contributed by atoms with E-state index in [1.165, 1.54) is 19.2 Å². The number of hydrogen-bond donors (Lipinski definition) is 1. The van der Waals surface area contributed by atoms with Gasteiger partial charge in [-0.3, -0.25) is 10.1 Å². The van der Waals surface area contributed by atoms with Gasteiger partial charge in [0.1, 0.15) is 6.10 Å². The maximum atomic E-state index is 10.7. The number of ether oxygens (including phenoxy) is 2.